The Morgan fingerprint density at radius 1 is 1.33 bits per heavy atom. The third-order valence-corrected chi connectivity index (χ3v) is 0. The predicted octanol–water partition coefficient (Wildman–Crippen LogP) is -3.60. The van der Waals surface area contributed by atoms with Crippen molar-refractivity contribution in [3.8, 4) is 0 Å². The summed E-state index contributed by atoms with van der Waals surface area (Å²) in [7, 11) is -4.64. The molecule has 0 heterocycles. The van der Waals surface area contributed by atoms with Crippen LogP contribution in [0, 0.1) is 0 Å². The van der Waals surface area contributed by atoms with Crippen molar-refractivity contribution in [2.45, 2.75) is 0 Å². The Bertz CT molecular complexity index is 136. The molecule has 0 radical (unpaired) electrons. The third kappa shape index (κ3) is 533. The van der Waals surface area contributed by atoms with Crippen LogP contribution in [0.15, 0.2) is 12.7 Å². The van der Waals surface area contributed by atoms with Crippen molar-refractivity contribution < 1.29 is 70.0 Å². The summed E-state index contributed by atoms with van der Waals surface area (Å²) in [6, 6.07) is 0. The first-order valence-electron chi connectivity index (χ1n) is 1.51. The molecule has 0 saturated carbocycles. The van der Waals surface area contributed by atoms with E-state index in [0.717, 1.165) is 0 Å². The van der Waals surface area contributed by atoms with Crippen LogP contribution < -0.4 is 18.9 Å². The zero-order valence-electron chi connectivity index (χ0n) is 6.66. The van der Waals surface area contributed by atoms with Crippen LogP contribution in [-0.2, 0) is 26.3 Å². The minimum absolute atomic E-state index is 0. The Hall–Kier alpha value is 1.55. The van der Waals surface area contributed by atoms with Crippen LogP contribution >= 0.6 is 7.82 Å². The molecule has 0 aromatic carbocycles. The van der Waals surface area contributed by atoms with E-state index in [2.05, 4.69) is 6.58 Å². The standard InChI is InChI=1S/C2H2F2.Al.Li.H3O4P.Ti.4H/c1-2(3)4;;;1-5(2,3)4;;;;;/h1H2;;;(H3,1,2,3,4);;;;;/q;;+1;;;;;;-1. The Balaban J connectivity index is -0.0000000146. The summed E-state index contributed by atoms with van der Waals surface area (Å²) >= 11 is 0. The quantitative estimate of drug-likeness (QED) is 0.305. The molecule has 0 rings (SSSR count). The van der Waals surface area contributed by atoms with Crippen molar-refractivity contribution in [3.63, 3.8) is 0 Å². The Labute approximate surface area is 107 Å². The average Bonchev–Trinajstić information content (AvgIpc) is 1.19. The fraction of sp³-hybridized carbons (Fsp3) is 0. The van der Waals surface area contributed by atoms with Gasteiger partial charge in [0.05, 0.1) is 0 Å². The van der Waals surface area contributed by atoms with E-state index in [-0.39, 0.29) is 59.4 Å². The largest absolute Gasteiger partial charge is 1.00 e. The molecule has 0 aliphatic carbocycles. The molecule has 0 atom stereocenters. The summed E-state index contributed by atoms with van der Waals surface area (Å²) in [5.74, 6) is 0. The first kappa shape index (κ1) is 29.2. The summed E-state index contributed by atoms with van der Waals surface area (Å²) in [6.45, 7) is 2.22. The number of phosphoric acid groups is 1. The first-order valence-corrected chi connectivity index (χ1v) is 3.08. The van der Waals surface area contributed by atoms with E-state index in [9.17, 15) is 8.78 Å². The van der Waals surface area contributed by atoms with Crippen molar-refractivity contribution in [2.75, 3.05) is 0 Å². The van der Waals surface area contributed by atoms with Gasteiger partial charge in [-0.1, -0.05) is 0 Å². The van der Waals surface area contributed by atoms with Crippen molar-refractivity contribution >= 4 is 25.2 Å². The van der Waals surface area contributed by atoms with E-state index in [1.165, 1.54) is 0 Å². The number of halogens is 2. The summed E-state index contributed by atoms with van der Waals surface area (Å²) < 4.78 is 29.2. The van der Waals surface area contributed by atoms with Gasteiger partial charge in [-0.05, 0) is 6.58 Å². The Morgan fingerprint density at radius 3 is 1.33 bits per heavy atom. The van der Waals surface area contributed by atoms with Crippen molar-refractivity contribution in [1.82, 2.24) is 0 Å². The van der Waals surface area contributed by atoms with Gasteiger partial charge in [-0.3, -0.25) is 0 Å². The minimum atomic E-state index is -4.64. The summed E-state index contributed by atoms with van der Waals surface area (Å²) in [5.41, 5.74) is 0. The van der Waals surface area contributed by atoms with E-state index in [1.54, 1.807) is 0 Å². The molecule has 10 heteroatoms. The summed E-state index contributed by atoms with van der Waals surface area (Å²) in [4.78, 5) is 21.6. The Morgan fingerprint density at radius 2 is 1.33 bits per heavy atom. The molecule has 3 N–H and O–H groups in total. The molecule has 68 valence electrons. The molecule has 4 nitrogen and oxygen atoms in total. The molecule has 0 aliphatic heterocycles. The average molecular weight is 248 g/mol. The third-order valence-electron chi connectivity index (χ3n) is 0. The molecule has 0 bridgehead atoms. The van der Waals surface area contributed by atoms with Gasteiger partial charge in [-0.2, -0.15) is 8.78 Å². The van der Waals surface area contributed by atoms with E-state index in [1.807, 2.05) is 0 Å². The van der Waals surface area contributed by atoms with Crippen LogP contribution in [0.1, 0.15) is 1.43 Å². The van der Waals surface area contributed by atoms with Gasteiger partial charge in [-0.25, -0.2) is 4.57 Å². The van der Waals surface area contributed by atoms with E-state index < -0.39 is 13.9 Å². The first-order chi connectivity index (χ1) is 3.73. The van der Waals surface area contributed by atoms with Crippen LogP contribution in [-0.4, -0.2) is 32.0 Å². The number of hydrogen-bond donors (Lipinski definition) is 3. The van der Waals surface area contributed by atoms with Gasteiger partial charge < -0.3 is 16.1 Å². The molecular formula is C2H9AlF2LiO4PTi. The SMILES string of the molecule is C=C(F)F.O=P(O)(O)O.[AlH3].[H-].[Li+].[Ti]. The zero-order valence-corrected chi connectivity index (χ0v) is 8.12. The monoisotopic (exact) mass is 248 g/mol. The van der Waals surface area contributed by atoms with Gasteiger partial charge in [0, 0.05) is 21.7 Å². The van der Waals surface area contributed by atoms with Gasteiger partial charge in [0.25, 0.3) is 6.08 Å². The molecule has 0 saturated heterocycles. The predicted molar refractivity (Wildman–Crippen MR) is 36.7 cm³/mol. The van der Waals surface area contributed by atoms with Crippen LogP contribution in [0.3, 0.4) is 0 Å². The summed E-state index contributed by atoms with van der Waals surface area (Å²) in [6.07, 6.45) is -1.83. The molecule has 0 spiro atoms. The second kappa shape index (κ2) is 15.0. The van der Waals surface area contributed by atoms with Gasteiger partial charge in [0.2, 0.25) is 0 Å². The molecule has 12 heavy (non-hydrogen) atoms. The van der Waals surface area contributed by atoms with Gasteiger partial charge >= 0.3 is 26.7 Å². The normalized spacial score (nSPS) is 7.08. The fourth-order valence-electron chi connectivity index (χ4n) is 0. The van der Waals surface area contributed by atoms with Crippen LogP contribution in [0.5, 0.6) is 0 Å². The smallest absolute Gasteiger partial charge is 1.00 e. The molecule has 0 amide bonds. The van der Waals surface area contributed by atoms with Gasteiger partial charge in [0.1, 0.15) is 0 Å². The van der Waals surface area contributed by atoms with Crippen molar-refractivity contribution in [3.05, 3.63) is 12.7 Å². The fourth-order valence-corrected chi connectivity index (χ4v) is 0. The van der Waals surface area contributed by atoms with Crippen LogP contribution in [0.2, 0.25) is 0 Å². The number of rotatable bonds is 0. The topological polar surface area (TPSA) is 77.8 Å². The van der Waals surface area contributed by atoms with E-state index >= 15 is 0 Å². The molecule has 0 fully saturated rings. The minimum Gasteiger partial charge on any atom is -1.00 e. The van der Waals surface area contributed by atoms with Crippen LogP contribution in [0.25, 0.3) is 0 Å². The van der Waals surface area contributed by atoms with Crippen molar-refractivity contribution in [1.29, 1.82) is 0 Å². The second-order valence-corrected chi connectivity index (χ2v) is 1.88. The zero-order chi connectivity index (χ0) is 8.08. The second-order valence-electron chi connectivity index (χ2n) is 0.852. The molecule has 0 aliphatic rings. The van der Waals surface area contributed by atoms with E-state index in [0.29, 0.717) is 0 Å². The Kier molecular flexibility index (Phi) is 36.6. The maximum atomic E-state index is 10.1. The molecule has 0 aromatic rings. The van der Waals surface area contributed by atoms with Gasteiger partial charge in [0.15, 0.2) is 17.4 Å². The molecule has 0 unspecified atom stereocenters. The van der Waals surface area contributed by atoms with Crippen LogP contribution in [0.4, 0.5) is 8.78 Å². The molecule has 0 aromatic heterocycles. The molecular weight excluding hydrogens is 239 g/mol. The maximum absolute atomic E-state index is 10.1. The van der Waals surface area contributed by atoms with Gasteiger partial charge in [-0.15, -0.1) is 0 Å². The maximum Gasteiger partial charge on any atom is 1.00 e. The van der Waals surface area contributed by atoms with E-state index in [4.69, 9.17) is 19.2 Å². The summed E-state index contributed by atoms with van der Waals surface area (Å²) in [5, 5.41) is 0. The number of hydrogen-bond acceptors (Lipinski definition) is 1. The van der Waals surface area contributed by atoms with Crippen molar-refractivity contribution in [2.24, 2.45) is 0 Å².